The van der Waals surface area contributed by atoms with E-state index in [1.54, 1.807) is 6.20 Å². The molecule has 2 nitrogen and oxygen atoms in total. The number of nitrogens with two attached hydrogens (primary N) is 1. The fourth-order valence-corrected chi connectivity index (χ4v) is 2.25. The fraction of sp³-hybridized carbons (Fsp3) is 0.286. The number of nitrogens with zero attached hydrogens (tertiary/aromatic N) is 1. The first-order valence-electron chi connectivity index (χ1n) is 5.82. The molecule has 0 bridgehead atoms. The van der Waals surface area contributed by atoms with E-state index in [0.29, 0.717) is 0 Å². The molecule has 18 heavy (non-hydrogen) atoms. The van der Waals surface area contributed by atoms with Crippen molar-refractivity contribution in [2.24, 2.45) is 5.73 Å². The van der Waals surface area contributed by atoms with Gasteiger partial charge in [0.1, 0.15) is 0 Å². The van der Waals surface area contributed by atoms with Gasteiger partial charge in [0.05, 0.1) is 5.69 Å². The van der Waals surface area contributed by atoms with Crippen LogP contribution in [0.2, 0.25) is 0 Å². The third-order valence-electron chi connectivity index (χ3n) is 3.03. The second-order valence-electron chi connectivity index (χ2n) is 4.31. The number of hydrogen-bond donors (Lipinski definition) is 2. The Hall–Kier alpha value is -0.350. The predicted octanol–water partition coefficient (Wildman–Crippen LogP) is 0.379. The van der Waals surface area contributed by atoms with Crippen molar-refractivity contribution < 1.29 is 29.6 Å². The Labute approximate surface area is 136 Å². The molecule has 1 aromatic rings. The molecule has 0 atom stereocenters. The minimum atomic E-state index is 0. The molecule has 0 radical (unpaired) electrons. The number of rotatable bonds is 2. The van der Waals surface area contributed by atoms with E-state index in [0.717, 1.165) is 35.5 Å². The quantitative estimate of drug-likeness (QED) is 0.462. The molecule has 1 aromatic heterocycles. The summed E-state index contributed by atoms with van der Waals surface area (Å²) in [5.41, 5.74) is 9.09. The fourth-order valence-electron chi connectivity index (χ4n) is 2.04. The first kappa shape index (κ1) is 15.7. The van der Waals surface area contributed by atoms with Crippen LogP contribution in [-0.4, -0.2) is 4.98 Å². The van der Waals surface area contributed by atoms with Crippen molar-refractivity contribution in [3.05, 3.63) is 47.3 Å². The first-order valence-corrected chi connectivity index (χ1v) is 6.26. The van der Waals surface area contributed by atoms with E-state index in [1.165, 1.54) is 11.5 Å². The molecule has 0 saturated heterocycles. The average molecular weight is 268 g/mol. The SMILES string of the molecule is C[C-]1CCCC(N)=C1/C=C/c1ncccc1S.[Na+]. The van der Waals surface area contributed by atoms with Crippen LogP contribution >= 0.6 is 12.6 Å². The van der Waals surface area contributed by atoms with Crippen molar-refractivity contribution in [2.45, 2.75) is 31.1 Å². The molecule has 0 unspecified atom stereocenters. The van der Waals surface area contributed by atoms with Gasteiger partial charge in [-0.15, -0.1) is 12.6 Å². The largest absolute Gasteiger partial charge is 1.00 e. The maximum atomic E-state index is 6.04. The monoisotopic (exact) mass is 268 g/mol. The van der Waals surface area contributed by atoms with E-state index in [2.05, 4.69) is 30.6 Å². The van der Waals surface area contributed by atoms with E-state index in [9.17, 15) is 0 Å². The number of hydrogen-bond acceptors (Lipinski definition) is 3. The molecule has 1 aliphatic rings. The number of thiol groups is 1. The van der Waals surface area contributed by atoms with Gasteiger partial charge in [0.2, 0.25) is 0 Å². The normalized spacial score (nSPS) is 16.0. The van der Waals surface area contributed by atoms with Crippen LogP contribution in [0.15, 0.2) is 40.6 Å². The van der Waals surface area contributed by atoms with Gasteiger partial charge in [-0.05, 0) is 12.1 Å². The molecule has 0 fully saturated rings. The zero-order chi connectivity index (χ0) is 12.3. The van der Waals surface area contributed by atoms with Gasteiger partial charge < -0.3 is 5.73 Å². The van der Waals surface area contributed by atoms with Gasteiger partial charge >= 0.3 is 29.6 Å². The second-order valence-corrected chi connectivity index (χ2v) is 4.80. The number of pyridine rings is 1. The van der Waals surface area contributed by atoms with E-state index in [4.69, 9.17) is 5.73 Å². The molecule has 90 valence electrons. The molecular weight excluding hydrogens is 251 g/mol. The summed E-state index contributed by atoms with van der Waals surface area (Å²) < 4.78 is 0. The molecule has 1 aliphatic carbocycles. The molecule has 2 rings (SSSR count). The second kappa shape index (κ2) is 7.29. The maximum absolute atomic E-state index is 6.04. The molecular formula is C14H17N2NaS. The molecule has 0 spiro atoms. The Bertz CT molecular complexity index is 469. The summed E-state index contributed by atoms with van der Waals surface area (Å²) in [6.45, 7) is 2.14. The minimum Gasteiger partial charge on any atom is -0.452 e. The standard InChI is InChI=1S/C14H17N2S.Na/c1-10-4-2-5-12(15)11(10)7-8-13-14(17)6-3-9-16-13;/h3,6-9,17H,2,4-5,15H2,1H3;/q-1;+1/b8-7+;. The topological polar surface area (TPSA) is 38.9 Å². The third kappa shape index (κ3) is 3.82. The molecule has 0 aliphatic heterocycles. The van der Waals surface area contributed by atoms with Crippen LogP contribution < -0.4 is 35.3 Å². The van der Waals surface area contributed by atoms with Crippen LogP contribution in [0.3, 0.4) is 0 Å². The van der Waals surface area contributed by atoms with Crippen LogP contribution in [0.25, 0.3) is 6.08 Å². The zero-order valence-corrected chi connectivity index (χ0v) is 13.9. The van der Waals surface area contributed by atoms with Gasteiger partial charge in [-0.2, -0.15) is 17.6 Å². The Morgan fingerprint density at radius 2 is 2.22 bits per heavy atom. The van der Waals surface area contributed by atoms with Crippen molar-refractivity contribution in [1.29, 1.82) is 0 Å². The Morgan fingerprint density at radius 1 is 1.44 bits per heavy atom. The molecule has 0 saturated carbocycles. The van der Waals surface area contributed by atoms with Gasteiger partial charge in [0, 0.05) is 11.1 Å². The minimum absolute atomic E-state index is 0. The van der Waals surface area contributed by atoms with E-state index in [1.807, 2.05) is 18.2 Å². The third-order valence-corrected chi connectivity index (χ3v) is 3.41. The van der Waals surface area contributed by atoms with Crippen LogP contribution in [0.1, 0.15) is 31.9 Å². The van der Waals surface area contributed by atoms with Crippen LogP contribution in [0.4, 0.5) is 0 Å². The van der Waals surface area contributed by atoms with Crippen LogP contribution in [-0.2, 0) is 0 Å². The summed E-state index contributed by atoms with van der Waals surface area (Å²) in [6.07, 6.45) is 9.11. The van der Waals surface area contributed by atoms with Crippen LogP contribution in [0.5, 0.6) is 0 Å². The molecule has 4 heteroatoms. The Kier molecular flexibility index (Phi) is 6.36. The summed E-state index contributed by atoms with van der Waals surface area (Å²) >= 11 is 4.37. The van der Waals surface area contributed by atoms with Gasteiger partial charge in [0.25, 0.3) is 0 Å². The van der Waals surface area contributed by atoms with Gasteiger partial charge in [-0.1, -0.05) is 38.0 Å². The molecule has 1 heterocycles. The van der Waals surface area contributed by atoms with Crippen molar-refractivity contribution >= 4 is 18.7 Å². The summed E-state index contributed by atoms with van der Waals surface area (Å²) in [5.74, 6) is 1.36. The smallest absolute Gasteiger partial charge is 0.452 e. The molecule has 2 N–H and O–H groups in total. The van der Waals surface area contributed by atoms with Crippen molar-refractivity contribution in [1.82, 2.24) is 4.98 Å². The first-order chi connectivity index (χ1) is 8.18. The van der Waals surface area contributed by atoms with E-state index < -0.39 is 0 Å². The van der Waals surface area contributed by atoms with E-state index in [-0.39, 0.29) is 29.6 Å². The van der Waals surface area contributed by atoms with Gasteiger partial charge in [-0.25, -0.2) is 0 Å². The van der Waals surface area contributed by atoms with Crippen molar-refractivity contribution in [3.8, 4) is 0 Å². The maximum Gasteiger partial charge on any atom is 1.00 e. The Balaban J connectivity index is 0.00000162. The van der Waals surface area contributed by atoms with Crippen molar-refractivity contribution in [2.75, 3.05) is 0 Å². The van der Waals surface area contributed by atoms with Gasteiger partial charge in [0.15, 0.2) is 0 Å². The number of aromatic nitrogens is 1. The summed E-state index contributed by atoms with van der Waals surface area (Å²) in [5, 5.41) is 0. The van der Waals surface area contributed by atoms with E-state index >= 15 is 0 Å². The molecule has 0 amide bonds. The average Bonchev–Trinajstić information content (AvgIpc) is 2.30. The molecule has 0 aromatic carbocycles. The zero-order valence-electron chi connectivity index (χ0n) is 11.0. The van der Waals surface area contributed by atoms with Gasteiger partial charge in [-0.3, -0.25) is 4.98 Å². The number of allylic oxidation sites excluding steroid dienone is 3. The summed E-state index contributed by atoms with van der Waals surface area (Å²) in [4.78, 5) is 5.16. The predicted molar refractivity (Wildman–Crippen MR) is 74.5 cm³/mol. The summed E-state index contributed by atoms with van der Waals surface area (Å²) in [7, 11) is 0. The van der Waals surface area contributed by atoms with Crippen LogP contribution in [0, 0.1) is 5.92 Å². The van der Waals surface area contributed by atoms with Crippen molar-refractivity contribution in [3.63, 3.8) is 0 Å². The Morgan fingerprint density at radius 3 is 2.89 bits per heavy atom. The summed E-state index contributed by atoms with van der Waals surface area (Å²) in [6, 6.07) is 3.82.